The van der Waals surface area contributed by atoms with Gasteiger partial charge in [-0.15, -0.1) is 0 Å². The number of rotatable bonds is 4. The molecule has 1 aromatic rings. The summed E-state index contributed by atoms with van der Waals surface area (Å²) in [7, 11) is 0. The molecule has 0 aliphatic heterocycles. The number of nitrogens with zero attached hydrogens (tertiary/aromatic N) is 1. The van der Waals surface area contributed by atoms with Crippen molar-refractivity contribution in [2.75, 3.05) is 0 Å². The van der Waals surface area contributed by atoms with Gasteiger partial charge in [0.1, 0.15) is 5.69 Å². The number of hydrogen-bond donors (Lipinski definition) is 1. The van der Waals surface area contributed by atoms with Gasteiger partial charge in [-0.1, -0.05) is 25.4 Å². The first kappa shape index (κ1) is 12.1. The number of carbonyl (C=O) groups is 1. The molecule has 0 saturated carbocycles. The minimum absolute atomic E-state index is 0.180. The van der Waals surface area contributed by atoms with Crippen LogP contribution in [0.25, 0.3) is 0 Å². The van der Waals surface area contributed by atoms with Crippen LogP contribution in [0.3, 0.4) is 0 Å². The molecule has 0 saturated heterocycles. The number of aromatic carboxylic acids is 1. The SMILES string of the molecule is CCC(C)(CC)n1cc(Cl)cc1C(=O)O. The van der Waals surface area contributed by atoms with E-state index in [4.69, 9.17) is 16.7 Å². The van der Waals surface area contributed by atoms with Gasteiger partial charge in [0.2, 0.25) is 0 Å². The van der Waals surface area contributed by atoms with E-state index in [0.29, 0.717) is 5.02 Å². The van der Waals surface area contributed by atoms with Crippen LogP contribution in [0, 0.1) is 0 Å². The summed E-state index contributed by atoms with van der Waals surface area (Å²) in [6.07, 6.45) is 3.43. The lowest BCUT2D eigenvalue weighted by molar-refractivity contribution is 0.0674. The molecule has 0 fully saturated rings. The quantitative estimate of drug-likeness (QED) is 0.860. The molecule has 0 aliphatic rings. The van der Waals surface area contributed by atoms with Gasteiger partial charge in [-0.05, 0) is 25.8 Å². The van der Waals surface area contributed by atoms with Gasteiger partial charge >= 0.3 is 5.97 Å². The largest absolute Gasteiger partial charge is 0.477 e. The van der Waals surface area contributed by atoms with Crippen molar-refractivity contribution in [2.45, 2.75) is 39.2 Å². The molecular formula is C11H16ClNO2. The Morgan fingerprint density at radius 1 is 1.53 bits per heavy atom. The molecule has 0 radical (unpaired) electrons. The Kier molecular flexibility index (Phi) is 3.45. The molecule has 1 heterocycles. The van der Waals surface area contributed by atoms with Crippen LogP contribution in [0.2, 0.25) is 5.02 Å². The van der Waals surface area contributed by atoms with E-state index >= 15 is 0 Å². The zero-order chi connectivity index (χ0) is 11.6. The van der Waals surface area contributed by atoms with Crippen molar-refractivity contribution < 1.29 is 9.90 Å². The molecule has 1 rings (SSSR count). The Labute approximate surface area is 94.7 Å². The monoisotopic (exact) mass is 229 g/mol. The summed E-state index contributed by atoms with van der Waals surface area (Å²) in [5, 5.41) is 9.53. The van der Waals surface area contributed by atoms with Crippen LogP contribution in [-0.2, 0) is 5.54 Å². The Bertz CT molecular complexity index is 367. The summed E-state index contributed by atoms with van der Waals surface area (Å²) in [4.78, 5) is 11.0. The van der Waals surface area contributed by atoms with Crippen molar-refractivity contribution in [2.24, 2.45) is 0 Å². The van der Waals surface area contributed by atoms with E-state index in [1.54, 1.807) is 10.8 Å². The van der Waals surface area contributed by atoms with Crippen molar-refractivity contribution in [3.8, 4) is 0 Å². The molecule has 0 unspecified atom stereocenters. The average molecular weight is 230 g/mol. The Hall–Kier alpha value is -0.960. The summed E-state index contributed by atoms with van der Waals surface area (Å²) in [5.74, 6) is -0.935. The molecule has 0 amide bonds. The molecule has 0 aliphatic carbocycles. The van der Waals surface area contributed by atoms with Gasteiger partial charge in [0.05, 0.1) is 5.02 Å². The van der Waals surface area contributed by atoms with E-state index in [0.717, 1.165) is 12.8 Å². The molecule has 0 aromatic carbocycles. The van der Waals surface area contributed by atoms with Crippen molar-refractivity contribution in [3.05, 3.63) is 23.0 Å². The topological polar surface area (TPSA) is 42.2 Å². The van der Waals surface area contributed by atoms with Crippen molar-refractivity contribution >= 4 is 17.6 Å². The summed E-state index contributed by atoms with van der Waals surface area (Å²) < 4.78 is 1.76. The minimum Gasteiger partial charge on any atom is -0.477 e. The number of hydrogen-bond acceptors (Lipinski definition) is 1. The average Bonchev–Trinajstić information content (AvgIpc) is 2.60. The van der Waals surface area contributed by atoms with Gasteiger partial charge in [-0.25, -0.2) is 4.79 Å². The van der Waals surface area contributed by atoms with Crippen molar-refractivity contribution in [1.82, 2.24) is 4.57 Å². The molecule has 4 heteroatoms. The zero-order valence-electron chi connectivity index (χ0n) is 9.25. The van der Waals surface area contributed by atoms with Crippen LogP contribution in [0.4, 0.5) is 0 Å². The lowest BCUT2D eigenvalue weighted by Gasteiger charge is -2.30. The van der Waals surface area contributed by atoms with E-state index in [9.17, 15) is 4.79 Å². The Morgan fingerprint density at radius 2 is 2.07 bits per heavy atom. The van der Waals surface area contributed by atoms with Gasteiger partial charge in [0, 0.05) is 11.7 Å². The van der Waals surface area contributed by atoms with Crippen LogP contribution in [0.5, 0.6) is 0 Å². The highest BCUT2D eigenvalue weighted by atomic mass is 35.5. The highest BCUT2D eigenvalue weighted by Crippen LogP contribution is 2.29. The third-order valence-corrected chi connectivity index (χ3v) is 3.32. The maximum atomic E-state index is 11.0. The van der Waals surface area contributed by atoms with Crippen LogP contribution in [-0.4, -0.2) is 15.6 Å². The third kappa shape index (κ3) is 2.17. The zero-order valence-corrected chi connectivity index (χ0v) is 10.0. The first-order chi connectivity index (χ1) is 6.94. The standard InChI is InChI=1S/C11H16ClNO2/c1-4-11(3,5-2)13-7-8(12)6-9(13)10(14)15/h6-7H,4-5H2,1-3H3,(H,14,15). The van der Waals surface area contributed by atoms with Crippen LogP contribution < -0.4 is 0 Å². The lowest BCUT2D eigenvalue weighted by atomic mass is 9.95. The molecule has 0 atom stereocenters. The first-order valence-electron chi connectivity index (χ1n) is 5.06. The summed E-state index contributed by atoms with van der Waals surface area (Å²) in [5.41, 5.74) is 0.0760. The number of carboxylic acid groups (broad SMARTS) is 1. The molecule has 0 spiro atoms. The predicted molar refractivity (Wildman–Crippen MR) is 60.6 cm³/mol. The fourth-order valence-electron chi connectivity index (χ4n) is 1.63. The first-order valence-corrected chi connectivity index (χ1v) is 5.44. The van der Waals surface area contributed by atoms with Gasteiger partial charge in [0.25, 0.3) is 0 Å². The van der Waals surface area contributed by atoms with Crippen molar-refractivity contribution in [3.63, 3.8) is 0 Å². The molecule has 15 heavy (non-hydrogen) atoms. The Balaban J connectivity index is 3.28. The van der Waals surface area contributed by atoms with E-state index < -0.39 is 5.97 Å². The second-order valence-corrected chi connectivity index (χ2v) is 4.36. The molecule has 0 bridgehead atoms. The van der Waals surface area contributed by atoms with E-state index in [1.807, 2.05) is 20.8 Å². The van der Waals surface area contributed by atoms with Gasteiger partial charge in [-0.2, -0.15) is 0 Å². The predicted octanol–water partition coefficient (Wildman–Crippen LogP) is 3.37. The lowest BCUT2D eigenvalue weighted by Crippen LogP contribution is -2.30. The minimum atomic E-state index is -0.935. The fourth-order valence-corrected chi connectivity index (χ4v) is 1.83. The highest BCUT2D eigenvalue weighted by molar-refractivity contribution is 6.30. The van der Waals surface area contributed by atoms with Gasteiger partial charge < -0.3 is 9.67 Å². The summed E-state index contributed by atoms with van der Waals surface area (Å²) in [6, 6.07) is 1.49. The van der Waals surface area contributed by atoms with Crippen LogP contribution in [0.15, 0.2) is 12.3 Å². The summed E-state index contributed by atoms with van der Waals surface area (Å²) >= 11 is 5.85. The maximum Gasteiger partial charge on any atom is 0.352 e. The number of halogens is 1. The molecular weight excluding hydrogens is 214 g/mol. The van der Waals surface area contributed by atoms with Gasteiger partial charge in [-0.3, -0.25) is 0 Å². The fraction of sp³-hybridized carbons (Fsp3) is 0.545. The van der Waals surface area contributed by atoms with E-state index in [2.05, 4.69) is 0 Å². The molecule has 1 aromatic heterocycles. The second-order valence-electron chi connectivity index (χ2n) is 3.92. The normalized spacial score (nSPS) is 11.7. The van der Waals surface area contributed by atoms with Gasteiger partial charge in [0.15, 0.2) is 0 Å². The summed E-state index contributed by atoms with van der Waals surface area (Å²) in [6.45, 7) is 6.13. The smallest absolute Gasteiger partial charge is 0.352 e. The maximum absolute atomic E-state index is 11.0. The van der Waals surface area contributed by atoms with Crippen molar-refractivity contribution in [1.29, 1.82) is 0 Å². The number of aromatic nitrogens is 1. The Morgan fingerprint density at radius 3 is 2.47 bits per heavy atom. The van der Waals surface area contributed by atoms with Crippen LogP contribution in [0.1, 0.15) is 44.1 Å². The molecule has 3 nitrogen and oxygen atoms in total. The molecule has 84 valence electrons. The molecule has 1 N–H and O–H groups in total. The van der Waals surface area contributed by atoms with E-state index in [-0.39, 0.29) is 11.2 Å². The van der Waals surface area contributed by atoms with E-state index in [1.165, 1.54) is 6.07 Å². The number of carboxylic acids is 1. The third-order valence-electron chi connectivity index (χ3n) is 3.11. The van der Waals surface area contributed by atoms with Crippen LogP contribution >= 0.6 is 11.6 Å². The highest BCUT2D eigenvalue weighted by Gasteiger charge is 2.26. The second kappa shape index (κ2) is 4.27.